The lowest BCUT2D eigenvalue weighted by molar-refractivity contribution is -0.111. The third-order valence-corrected chi connectivity index (χ3v) is 7.87. The van der Waals surface area contributed by atoms with Gasteiger partial charge in [-0.25, -0.2) is 9.78 Å². The van der Waals surface area contributed by atoms with Gasteiger partial charge in [-0.1, -0.05) is 18.7 Å². The first-order valence-electron chi connectivity index (χ1n) is 11.9. The van der Waals surface area contributed by atoms with Gasteiger partial charge in [-0.15, -0.1) is 0 Å². The van der Waals surface area contributed by atoms with Crippen LogP contribution in [0.15, 0.2) is 6.33 Å². The lowest BCUT2D eigenvalue weighted by Gasteiger charge is -2.22. The Bertz CT molecular complexity index is 1150. The number of carbonyl (C=O) groups excluding carboxylic acids is 2. The fraction of sp³-hybridized carbons (Fsp3) is 0.667. The van der Waals surface area contributed by atoms with E-state index in [-0.39, 0.29) is 47.9 Å². The Labute approximate surface area is 218 Å². The Morgan fingerprint density at radius 3 is 2.86 bits per heavy atom. The number of hydrogen-bond donors (Lipinski definition) is 2. The summed E-state index contributed by atoms with van der Waals surface area (Å²) in [5.41, 5.74) is 6.88. The summed E-state index contributed by atoms with van der Waals surface area (Å²) in [4.78, 5) is 35.6. The fourth-order valence-electron chi connectivity index (χ4n) is 4.31. The van der Waals surface area contributed by atoms with Crippen molar-refractivity contribution >= 4 is 48.3 Å². The number of carbonyl (C=O) groups is 2. The molecule has 2 aromatic rings. The number of methoxy groups -OCH3 is 1. The number of nitrogens with one attached hydrogen (secondary N) is 1. The van der Waals surface area contributed by atoms with Crippen LogP contribution in [0.1, 0.15) is 32.9 Å². The van der Waals surface area contributed by atoms with Crippen LogP contribution in [-0.2, 0) is 27.9 Å². The summed E-state index contributed by atoms with van der Waals surface area (Å²) in [7, 11) is -1.45. The van der Waals surface area contributed by atoms with E-state index in [1.807, 2.05) is 18.4 Å². The minimum Gasteiger partial charge on any atom is -0.476 e. The Morgan fingerprint density at radius 1 is 1.35 bits per heavy atom. The summed E-state index contributed by atoms with van der Waals surface area (Å²) in [6, 6.07) is 0. The monoisotopic (exact) mass is 558 g/mol. The van der Waals surface area contributed by atoms with Crippen molar-refractivity contribution in [3.8, 4) is 5.88 Å². The van der Waals surface area contributed by atoms with Gasteiger partial charge in [0, 0.05) is 30.6 Å². The highest BCUT2D eigenvalue weighted by Crippen LogP contribution is 2.57. The average Bonchev–Trinajstić information content (AvgIpc) is 3.17. The van der Waals surface area contributed by atoms with Crippen LogP contribution in [0.2, 0.25) is 0 Å². The summed E-state index contributed by atoms with van der Waals surface area (Å²) in [6.07, 6.45) is 1.05. The van der Waals surface area contributed by atoms with Gasteiger partial charge in [-0.2, -0.15) is 9.97 Å². The van der Waals surface area contributed by atoms with E-state index in [1.54, 1.807) is 6.33 Å². The molecule has 6 atom stereocenters. The highest BCUT2D eigenvalue weighted by Gasteiger charge is 2.64. The van der Waals surface area contributed by atoms with Crippen LogP contribution in [-0.4, -0.2) is 75.6 Å². The Kier molecular flexibility index (Phi) is 9.24. The molecule has 3 N–H and O–H groups in total. The zero-order chi connectivity index (χ0) is 26.5. The van der Waals surface area contributed by atoms with E-state index in [2.05, 4.69) is 25.0 Å². The van der Waals surface area contributed by atoms with Crippen molar-refractivity contribution in [1.82, 2.24) is 24.8 Å². The second-order valence-electron chi connectivity index (χ2n) is 8.50. The maximum absolute atomic E-state index is 12.3. The van der Waals surface area contributed by atoms with Crippen LogP contribution in [0.5, 0.6) is 5.88 Å². The predicted octanol–water partition coefficient (Wildman–Crippen LogP) is 2.16. The summed E-state index contributed by atoms with van der Waals surface area (Å²) in [5.74, 6) is 0.863. The molecule has 1 amide bonds. The molecule has 0 radical (unpaired) electrons. The van der Waals surface area contributed by atoms with Crippen LogP contribution in [0.3, 0.4) is 0 Å². The molecule has 16 heteroatoms. The SMILES string of the molecule is CCOc1nc(N)nc2c1ncn2C1O[C@@H]2C(O[PH](=O)OCCSC(=O)CCCNC(=O)OC)C2[C@@H]1C. The third kappa shape index (κ3) is 6.52. The largest absolute Gasteiger partial charge is 0.476 e. The number of nitrogens with zero attached hydrogens (tertiary/aromatic N) is 4. The fourth-order valence-corrected chi connectivity index (χ4v) is 5.99. The second kappa shape index (κ2) is 12.4. The molecule has 1 saturated heterocycles. The molecule has 0 bridgehead atoms. The molecule has 14 nitrogen and oxygen atoms in total. The maximum Gasteiger partial charge on any atom is 0.406 e. The molecule has 1 aliphatic heterocycles. The zero-order valence-electron chi connectivity index (χ0n) is 20.7. The number of imidazole rings is 1. The lowest BCUT2D eigenvalue weighted by atomic mass is 10.1. The van der Waals surface area contributed by atoms with Crippen LogP contribution in [0.4, 0.5) is 10.7 Å². The molecular weight excluding hydrogens is 527 g/mol. The number of hydrogen-bond acceptors (Lipinski definition) is 13. The Balaban J connectivity index is 1.18. The van der Waals surface area contributed by atoms with Gasteiger partial charge < -0.3 is 34.3 Å². The summed E-state index contributed by atoms with van der Waals surface area (Å²) in [5, 5.41) is 2.48. The van der Waals surface area contributed by atoms with E-state index in [9.17, 15) is 14.2 Å². The molecular formula is C21H31N6O8PS. The summed E-state index contributed by atoms with van der Waals surface area (Å²) < 4.78 is 41.1. The van der Waals surface area contributed by atoms with Gasteiger partial charge in [0.2, 0.25) is 11.8 Å². The van der Waals surface area contributed by atoms with Crippen LogP contribution >= 0.6 is 20.0 Å². The standard InChI is InChI=1S/C21H31N6O8PS/c1-4-32-18-14-17(25-20(22)26-18)27(10-24-14)19-11(2)13-15(34-19)16(13)35-36(30)33-8-9-37-12(28)6-5-7-23-21(29)31-3/h10-11,13,15-16,19,36H,4-9H2,1-3H3,(H,23,29)(H2,22,25,26)/t11-,13?,15-,16?,19?/m0/s1. The molecule has 2 fully saturated rings. The van der Waals surface area contributed by atoms with Crippen molar-refractivity contribution in [3.63, 3.8) is 0 Å². The molecule has 2 aromatic heterocycles. The number of alkyl carbamates (subject to hydrolysis) is 1. The van der Waals surface area contributed by atoms with Crippen molar-refractivity contribution in [2.45, 2.75) is 45.1 Å². The molecule has 4 unspecified atom stereocenters. The molecule has 1 aliphatic carbocycles. The zero-order valence-corrected chi connectivity index (χ0v) is 22.6. The molecule has 204 valence electrons. The first-order chi connectivity index (χ1) is 17.8. The van der Waals surface area contributed by atoms with E-state index >= 15 is 0 Å². The maximum atomic E-state index is 12.3. The van der Waals surface area contributed by atoms with Gasteiger partial charge in [0.15, 0.2) is 16.3 Å². The van der Waals surface area contributed by atoms with Crippen molar-refractivity contribution in [1.29, 1.82) is 0 Å². The number of ether oxygens (including phenoxy) is 3. The first kappa shape index (κ1) is 27.6. The minimum atomic E-state index is -2.73. The number of amides is 1. The molecule has 3 heterocycles. The van der Waals surface area contributed by atoms with Crippen molar-refractivity contribution in [2.75, 3.05) is 38.4 Å². The lowest BCUT2D eigenvalue weighted by Crippen LogP contribution is -2.24. The third-order valence-electron chi connectivity index (χ3n) is 6.07. The number of thioether (sulfide) groups is 1. The molecule has 0 aromatic carbocycles. The Hall–Kier alpha value is -2.45. The van der Waals surface area contributed by atoms with Gasteiger partial charge in [0.1, 0.15) is 6.23 Å². The number of nitrogen functional groups attached to an aromatic ring is 1. The van der Waals surface area contributed by atoms with Crippen LogP contribution < -0.4 is 15.8 Å². The number of aromatic nitrogens is 4. The van der Waals surface area contributed by atoms with Gasteiger partial charge in [0.05, 0.1) is 38.9 Å². The van der Waals surface area contributed by atoms with Crippen molar-refractivity contribution in [2.24, 2.45) is 11.8 Å². The highest BCUT2D eigenvalue weighted by atomic mass is 32.2. The van der Waals surface area contributed by atoms with Crippen LogP contribution in [0, 0.1) is 11.8 Å². The second-order valence-corrected chi connectivity index (χ2v) is 10.7. The van der Waals surface area contributed by atoms with Crippen molar-refractivity contribution < 1.29 is 37.4 Å². The molecule has 0 spiro atoms. The van der Waals surface area contributed by atoms with Gasteiger partial charge in [-0.05, 0) is 13.3 Å². The first-order valence-corrected chi connectivity index (χ1v) is 14.1. The van der Waals surface area contributed by atoms with E-state index in [4.69, 9.17) is 24.3 Å². The van der Waals surface area contributed by atoms with E-state index < -0.39 is 14.3 Å². The van der Waals surface area contributed by atoms with Gasteiger partial charge in [0.25, 0.3) is 0 Å². The smallest absolute Gasteiger partial charge is 0.406 e. The molecule has 37 heavy (non-hydrogen) atoms. The van der Waals surface area contributed by atoms with Crippen LogP contribution in [0.25, 0.3) is 11.2 Å². The summed E-state index contributed by atoms with van der Waals surface area (Å²) >= 11 is 1.09. The topological polar surface area (TPSA) is 179 Å². The number of rotatable bonds is 13. The van der Waals surface area contributed by atoms with Gasteiger partial charge in [-0.3, -0.25) is 13.9 Å². The highest BCUT2D eigenvalue weighted by molar-refractivity contribution is 8.13. The molecule has 2 aliphatic rings. The van der Waals surface area contributed by atoms with Gasteiger partial charge >= 0.3 is 14.3 Å². The molecule has 1 saturated carbocycles. The van der Waals surface area contributed by atoms with E-state index in [1.165, 1.54) is 7.11 Å². The quantitative estimate of drug-likeness (QED) is 0.270. The molecule has 4 rings (SSSR count). The number of anilines is 1. The Morgan fingerprint density at radius 2 is 2.16 bits per heavy atom. The normalized spacial score (nSPS) is 25.0. The van der Waals surface area contributed by atoms with E-state index in [0.29, 0.717) is 48.8 Å². The number of fused-ring (bicyclic) bond motifs is 2. The predicted molar refractivity (Wildman–Crippen MR) is 134 cm³/mol. The van der Waals surface area contributed by atoms with E-state index in [0.717, 1.165) is 11.8 Å². The minimum absolute atomic E-state index is 0.0340. The average molecular weight is 559 g/mol. The summed E-state index contributed by atoms with van der Waals surface area (Å²) in [6.45, 7) is 4.78. The van der Waals surface area contributed by atoms with Crippen molar-refractivity contribution in [3.05, 3.63) is 6.33 Å². The number of nitrogens with two attached hydrogens (primary N) is 1.